The van der Waals surface area contributed by atoms with Gasteiger partial charge >= 0.3 is 11.9 Å². The van der Waals surface area contributed by atoms with Crippen LogP contribution in [0.15, 0.2) is 42.5 Å². The fourth-order valence-corrected chi connectivity index (χ4v) is 3.29. The number of fused-ring (bicyclic) bond motifs is 1. The summed E-state index contributed by atoms with van der Waals surface area (Å²) in [5, 5.41) is 41.8. The normalized spacial score (nSPS) is 13.6. The SMILES string of the molecule is CC(C)(Cc1ccc(F)cc1F)NC[C@H](O)c1cc(O)cc2c1OCC(=O)N2.O=C(O)/C=C/C(=O)O. The van der Waals surface area contributed by atoms with Crippen molar-refractivity contribution in [3.05, 3.63) is 65.2 Å². The number of halogens is 2. The molecular weight excluding hydrogens is 482 g/mol. The molecule has 0 saturated carbocycles. The lowest BCUT2D eigenvalue weighted by molar-refractivity contribution is -0.134. The van der Waals surface area contributed by atoms with Crippen molar-refractivity contribution < 1.29 is 48.3 Å². The van der Waals surface area contributed by atoms with Crippen LogP contribution in [0.25, 0.3) is 0 Å². The molecule has 6 N–H and O–H groups in total. The molecule has 0 saturated heterocycles. The van der Waals surface area contributed by atoms with Crippen LogP contribution in [0.4, 0.5) is 14.5 Å². The van der Waals surface area contributed by atoms with Crippen LogP contribution in [0.3, 0.4) is 0 Å². The number of amides is 1. The second-order valence-electron chi connectivity index (χ2n) is 8.45. The summed E-state index contributed by atoms with van der Waals surface area (Å²) in [5.41, 5.74) is 0.365. The van der Waals surface area contributed by atoms with Gasteiger partial charge in [-0.1, -0.05) is 6.07 Å². The van der Waals surface area contributed by atoms with Crippen LogP contribution in [0, 0.1) is 11.6 Å². The number of carbonyl (C=O) groups excluding carboxylic acids is 1. The van der Waals surface area contributed by atoms with E-state index in [1.165, 1.54) is 24.3 Å². The first-order valence-corrected chi connectivity index (χ1v) is 10.6. The number of aliphatic carboxylic acids is 2. The molecule has 0 unspecified atom stereocenters. The van der Waals surface area contributed by atoms with Crippen LogP contribution < -0.4 is 15.4 Å². The standard InChI is InChI=1S/C20H22F2N2O4.C4H4O4/c1-20(2,8-11-3-4-12(21)5-15(11)22)23-9-17(26)14-6-13(25)7-16-19(14)28-10-18(27)24-16;5-3(6)1-2-4(7)8/h3-7,17,23,25-26H,8-10H2,1-2H3,(H,24,27);1-2H,(H,5,6)(H,7,8)/b;2-1+/t17-;/m0./s1. The summed E-state index contributed by atoms with van der Waals surface area (Å²) in [6.07, 6.45) is 0.342. The molecule has 3 rings (SSSR count). The van der Waals surface area contributed by atoms with Gasteiger partial charge in [0.05, 0.1) is 11.8 Å². The number of nitrogens with one attached hydrogen (secondary N) is 2. The molecule has 1 aliphatic rings. The highest BCUT2D eigenvalue weighted by atomic mass is 19.1. The maximum Gasteiger partial charge on any atom is 0.328 e. The fourth-order valence-electron chi connectivity index (χ4n) is 3.29. The van der Waals surface area contributed by atoms with Crippen LogP contribution in [0.2, 0.25) is 0 Å². The highest BCUT2D eigenvalue weighted by Crippen LogP contribution is 2.38. The Morgan fingerprint density at radius 1 is 1.17 bits per heavy atom. The number of carbonyl (C=O) groups is 3. The Morgan fingerprint density at radius 3 is 2.39 bits per heavy atom. The van der Waals surface area contributed by atoms with E-state index in [1.807, 2.05) is 13.8 Å². The van der Waals surface area contributed by atoms with Crippen molar-refractivity contribution in [3.8, 4) is 11.5 Å². The van der Waals surface area contributed by atoms with Crippen molar-refractivity contribution in [2.24, 2.45) is 0 Å². The lowest BCUT2D eigenvalue weighted by Gasteiger charge is -2.29. The number of benzene rings is 2. The molecule has 0 bridgehead atoms. The summed E-state index contributed by atoms with van der Waals surface area (Å²) in [6.45, 7) is 3.57. The van der Waals surface area contributed by atoms with Gasteiger partial charge in [0.2, 0.25) is 0 Å². The summed E-state index contributed by atoms with van der Waals surface area (Å²) in [6, 6.07) is 6.15. The molecule has 10 nitrogen and oxygen atoms in total. The highest BCUT2D eigenvalue weighted by Gasteiger charge is 2.26. The van der Waals surface area contributed by atoms with E-state index in [0.29, 0.717) is 29.0 Å². The molecule has 36 heavy (non-hydrogen) atoms. The van der Waals surface area contributed by atoms with Gasteiger partial charge in [-0.15, -0.1) is 0 Å². The minimum Gasteiger partial charge on any atom is -0.508 e. The van der Waals surface area contributed by atoms with Crippen LogP contribution in [0.1, 0.15) is 31.1 Å². The minimum atomic E-state index is -1.26. The average molecular weight is 508 g/mol. The third-order valence-electron chi connectivity index (χ3n) is 4.87. The maximum atomic E-state index is 13.9. The van der Waals surface area contributed by atoms with E-state index >= 15 is 0 Å². The molecule has 2 aromatic rings. The molecule has 0 fully saturated rings. The zero-order chi connectivity index (χ0) is 27.0. The van der Waals surface area contributed by atoms with Gasteiger partial charge in [-0.05, 0) is 38.0 Å². The molecule has 1 heterocycles. The topological polar surface area (TPSA) is 165 Å². The summed E-state index contributed by atoms with van der Waals surface area (Å²) in [4.78, 5) is 30.6. The van der Waals surface area contributed by atoms with Crippen molar-refractivity contribution in [2.45, 2.75) is 31.9 Å². The number of carboxylic acids is 2. The van der Waals surface area contributed by atoms with Gasteiger partial charge in [-0.3, -0.25) is 4.79 Å². The number of phenols is 1. The van der Waals surface area contributed by atoms with E-state index in [-0.39, 0.29) is 36.9 Å². The van der Waals surface area contributed by atoms with E-state index in [0.717, 1.165) is 6.07 Å². The monoisotopic (exact) mass is 508 g/mol. The predicted molar refractivity (Wildman–Crippen MR) is 124 cm³/mol. The quantitative estimate of drug-likeness (QED) is 0.294. The Morgan fingerprint density at radius 2 is 1.81 bits per heavy atom. The van der Waals surface area contributed by atoms with Crippen molar-refractivity contribution >= 4 is 23.5 Å². The fraction of sp³-hybridized carbons (Fsp3) is 0.292. The molecule has 1 aliphatic heterocycles. The summed E-state index contributed by atoms with van der Waals surface area (Å²) < 4.78 is 32.4. The first-order chi connectivity index (χ1) is 16.8. The summed E-state index contributed by atoms with van der Waals surface area (Å²) >= 11 is 0. The first kappa shape index (κ1) is 28.2. The molecule has 1 atom stereocenters. The van der Waals surface area contributed by atoms with E-state index in [2.05, 4.69) is 10.6 Å². The number of rotatable bonds is 8. The van der Waals surface area contributed by atoms with Gasteiger partial charge in [0, 0.05) is 41.9 Å². The smallest absolute Gasteiger partial charge is 0.328 e. The summed E-state index contributed by atoms with van der Waals surface area (Å²) in [7, 11) is 0. The van der Waals surface area contributed by atoms with Gasteiger partial charge in [0.25, 0.3) is 5.91 Å². The third kappa shape index (κ3) is 8.64. The summed E-state index contributed by atoms with van der Waals surface area (Å²) in [5.74, 6) is -3.94. The number of carboxylic acid groups (broad SMARTS) is 2. The number of aliphatic hydroxyl groups is 1. The van der Waals surface area contributed by atoms with Crippen LogP contribution in [0.5, 0.6) is 11.5 Å². The average Bonchev–Trinajstić information content (AvgIpc) is 2.77. The number of anilines is 1. The zero-order valence-electron chi connectivity index (χ0n) is 19.4. The molecule has 194 valence electrons. The Hall–Kier alpha value is -4.03. The van der Waals surface area contributed by atoms with Crippen LogP contribution >= 0.6 is 0 Å². The lowest BCUT2D eigenvalue weighted by Crippen LogP contribution is -2.43. The largest absolute Gasteiger partial charge is 0.508 e. The molecule has 2 aromatic carbocycles. The van der Waals surface area contributed by atoms with Crippen LogP contribution in [-0.2, 0) is 20.8 Å². The number of hydrogen-bond donors (Lipinski definition) is 6. The number of ether oxygens (including phenoxy) is 1. The Bertz CT molecular complexity index is 1150. The highest BCUT2D eigenvalue weighted by molar-refractivity contribution is 5.96. The van der Waals surface area contributed by atoms with E-state index in [4.69, 9.17) is 14.9 Å². The van der Waals surface area contributed by atoms with Crippen molar-refractivity contribution in [3.63, 3.8) is 0 Å². The Labute approximate surface area is 204 Å². The number of β-amino-alcohol motifs (C(OH)–C–C–N with tert-alkyl or cyclic N) is 1. The van der Waals surface area contributed by atoms with Gasteiger partial charge in [0.15, 0.2) is 6.61 Å². The molecule has 0 aromatic heterocycles. The molecule has 0 spiro atoms. The van der Waals surface area contributed by atoms with Crippen LogP contribution in [-0.4, -0.2) is 57.0 Å². The maximum absolute atomic E-state index is 13.9. The van der Waals surface area contributed by atoms with E-state index in [1.54, 1.807) is 0 Å². The van der Waals surface area contributed by atoms with Gasteiger partial charge in [-0.25, -0.2) is 18.4 Å². The second kappa shape index (κ2) is 12.1. The van der Waals surface area contributed by atoms with E-state index in [9.17, 15) is 33.4 Å². The van der Waals surface area contributed by atoms with Gasteiger partial charge < -0.3 is 35.8 Å². The molecule has 1 amide bonds. The Kier molecular flexibility index (Phi) is 9.47. The number of aromatic hydroxyl groups is 1. The molecule has 0 aliphatic carbocycles. The second-order valence-corrected chi connectivity index (χ2v) is 8.45. The van der Waals surface area contributed by atoms with Crippen molar-refractivity contribution in [1.29, 1.82) is 0 Å². The third-order valence-corrected chi connectivity index (χ3v) is 4.87. The molecule has 12 heteroatoms. The molecule has 0 radical (unpaired) electrons. The predicted octanol–water partition coefficient (Wildman–Crippen LogP) is 2.36. The molecular formula is C24H26F2N2O8. The number of phenolic OH excluding ortho intramolecular Hbond substituents is 1. The first-order valence-electron chi connectivity index (χ1n) is 10.6. The Balaban J connectivity index is 0.000000493. The number of aliphatic hydroxyl groups excluding tert-OH is 1. The van der Waals surface area contributed by atoms with Crippen molar-refractivity contribution in [2.75, 3.05) is 18.5 Å². The minimum absolute atomic E-state index is 0.0863. The van der Waals surface area contributed by atoms with Gasteiger partial charge in [-0.2, -0.15) is 0 Å². The number of hydrogen-bond acceptors (Lipinski definition) is 7. The van der Waals surface area contributed by atoms with Crippen molar-refractivity contribution in [1.82, 2.24) is 5.32 Å². The van der Waals surface area contributed by atoms with E-state index < -0.39 is 35.2 Å². The van der Waals surface area contributed by atoms with Gasteiger partial charge in [0.1, 0.15) is 23.1 Å². The lowest BCUT2D eigenvalue weighted by atomic mass is 9.94. The zero-order valence-corrected chi connectivity index (χ0v) is 19.4.